The Kier molecular flexibility index (Phi) is 9.58. The molecule has 0 saturated carbocycles. The minimum atomic E-state index is 0.476. The van der Waals surface area contributed by atoms with Crippen molar-refractivity contribution in [1.82, 2.24) is 0 Å². The monoisotopic (exact) mass is 640 g/mol. The topological polar surface area (TPSA) is 13.0 Å². The number of halogens is 2. The van der Waals surface area contributed by atoms with E-state index < -0.39 is 0 Å². The molecule has 0 aliphatic carbocycles. The number of unbranched alkanes of at least 4 members (excludes halogenated alkanes) is 1. The van der Waals surface area contributed by atoms with Crippen molar-refractivity contribution in [3.05, 3.63) is 61.9 Å². The van der Waals surface area contributed by atoms with Crippen LogP contribution in [0.4, 0.5) is 22.7 Å². The van der Waals surface area contributed by atoms with Crippen LogP contribution >= 0.6 is 26.9 Å². The number of benzene rings is 2. The van der Waals surface area contributed by atoms with Crippen molar-refractivity contribution >= 4 is 49.6 Å². The van der Waals surface area contributed by atoms with E-state index in [1.54, 1.807) is 0 Å². The van der Waals surface area contributed by atoms with E-state index >= 15 is 0 Å². The first-order valence-electron chi connectivity index (χ1n) is 10.8. The fraction of sp³-hybridized carbons (Fsp3) is 0.417. The molecular formula is C24H32Br2N4Pd-2. The molecule has 0 amide bonds. The molecule has 0 bridgehead atoms. The van der Waals surface area contributed by atoms with E-state index in [0.717, 1.165) is 13.1 Å². The van der Waals surface area contributed by atoms with Gasteiger partial charge >= 0.3 is 40.8 Å². The first-order chi connectivity index (χ1) is 15.0. The molecule has 0 saturated heterocycles. The van der Waals surface area contributed by atoms with Crippen LogP contribution in [0.2, 0.25) is 0 Å². The molecule has 2 aliphatic heterocycles. The van der Waals surface area contributed by atoms with Gasteiger partial charge in [-0.3, -0.25) is 0 Å². The molecule has 2 aromatic rings. The van der Waals surface area contributed by atoms with E-state index in [4.69, 9.17) is 0 Å². The second-order valence-corrected chi connectivity index (χ2v) is 15.5. The second kappa shape index (κ2) is 11.9. The molecule has 2 aliphatic rings. The summed E-state index contributed by atoms with van der Waals surface area (Å²) in [6.07, 6.45) is 2.34. The average molecular weight is 643 g/mol. The summed E-state index contributed by atoms with van der Waals surface area (Å²) in [5.41, 5.74) is 5.32. The Balaban J connectivity index is 0.000000858. The Morgan fingerprint density at radius 1 is 0.677 bits per heavy atom. The number of anilines is 4. The van der Waals surface area contributed by atoms with Crippen LogP contribution < -0.4 is 19.6 Å². The SMILES string of the molecule is CC(C)N1[CH-]N(CCCCN2[CH-]N(C(C)C)c3ccccc32)c2ccccc21.[Br][Pd][Br]. The van der Waals surface area contributed by atoms with Crippen LogP contribution in [-0.4, -0.2) is 25.2 Å². The van der Waals surface area contributed by atoms with Gasteiger partial charge in [-0.05, 0) is 90.0 Å². The van der Waals surface area contributed by atoms with Crippen LogP contribution in [0, 0.1) is 13.3 Å². The molecule has 0 radical (unpaired) electrons. The molecule has 31 heavy (non-hydrogen) atoms. The van der Waals surface area contributed by atoms with Crippen LogP contribution in [0.15, 0.2) is 48.5 Å². The minimum absolute atomic E-state index is 0.476. The summed E-state index contributed by atoms with van der Waals surface area (Å²) in [7, 11) is 0. The summed E-state index contributed by atoms with van der Waals surface area (Å²) in [4.78, 5) is 9.58. The molecule has 0 atom stereocenters. The zero-order valence-electron chi connectivity index (χ0n) is 18.6. The molecule has 174 valence electrons. The zero-order chi connectivity index (χ0) is 22.4. The van der Waals surface area contributed by atoms with Crippen molar-refractivity contribution in [1.29, 1.82) is 0 Å². The van der Waals surface area contributed by atoms with Crippen molar-refractivity contribution < 1.29 is 13.9 Å². The van der Waals surface area contributed by atoms with E-state index in [9.17, 15) is 0 Å². The van der Waals surface area contributed by atoms with Gasteiger partial charge in [0.15, 0.2) is 0 Å². The predicted octanol–water partition coefficient (Wildman–Crippen LogP) is 7.16. The van der Waals surface area contributed by atoms with Crippen LogP contribution in [0.1, 0.15) is 40.5 Å². The van der Waals surface area contributed by atoms with Gasteiger partial charge in [0.25, 0.3) is 0 Å². The average Bonchev–Trinajstić information content (AvgIpc) is 3.31. The number of para-hydroxylation sites is 4. The summed E-state index contributed by atoms with van der Waals surface area (Å²) in [5, 5.41) is 0. The van der Waals surface area contributed by atoms with Gasteiger partial charge in [0, 0.05) is 22.7 Å². The molecule has 2 aromatic carbocycles. The molecule has 2 heterocycles. The van der Waals surface area contributed by atoms with Crippen molar-refractivity contribution in [2.75, 3.05) is 32.7 Å². The zero-order valence-corrected chi connectivity index (χ0v) is 23.3. The summed E-state index contributed by atoms with van der Waals surface area (Å²) < 4.78 is 0. The molecule has 0 N–H and O–H groups in total. The molecule has 0 fully saturated rings. The standard InChI is InChI=1S/C24H32N4.2BrH.Pd/c1-19(2)27-17-25(21-11-5-7-13-23(21)27)15-9-10-16-26-18-28(20(3)4)24-14-8-6-12-22(24)26;;;/h5-8,11-14,17-20H,9-10,15-16H2,1-4H3;2*1H;/q-2;;;+2/p-2. The van der Waals surface area contributed by atoms with Gasteiger partial charge in [-0.15, -0.1) is 0 Å². The Bertz CT molecular complexity index is 765. The van der Waals surface area contributed by atoms with E-state index in [0.29, 0.717) is 26.0 Å². The van der Waals surface area contributed by atoms with Crippen molar-refractivity contribution in [3.63, 3.8) is 0 Å². The number of nitrogens with zero attached hydrogens (tertiary/aromatic N) is 4. The predicted molar refractivity (Wildman–Crippen MR) is 138 cm³/mol. The third-order valence-corrected chi connectivity index (χ3v) is 5.63. The molecule has 0 unspecified atom stereocenters. The van der Waals surface area contributed by atoms with E-state index in [2.05, 4.69) is 136 Å². The Morgan fingerprint density at radius 2 is 1.00 bits per heavy atom. The van der Waals surface area contributed by atoms with Gasteiger partial charge in [-0.2, -0.15) is 13.3 Å². The second-order valence-electron chi connectivity index (χ2n) is 8.35. The van der Waals surface area contributed by atoms with Gasteiger partial charge in [0.2, 0.25) is 0 Å². The van der Waals surface area contributed by atoms with E-state index in [-0.39, 0.29) is 0 Å². The van der Waals surface area contributed by atoms with Crippen molar-refractivity contribution in [2.24, 2.45) is 0 Å². The molecular weight excluding hydrogens is 611 g/mol. The molecule has 4 nitrogen and oxygen atoms in total. The van der Waals surface area contributed by atoms with Gasteiger partial charge < -0.3 is 19.6 Å². The molecule has 0 aromatic heterocycles. The van der Waals surface area contributed by atoms with Gasteiger partial charge in [-0.1, -0.05) is 24.3 Å². The van der Waals surface area contributed by atoms with Gasteiger partial charge in [0.1, 0.15) is 0 Å². The third kappa shape index (κ3) is 5.99. The van der Waals surface area contributed by atoms with Crippen molar-refractivity contribution in [3.8, 4) is 0 Å². The van der Waals surface area contributed by atoms with E-state index in [1.165, 1.54) is 35.6 Å². The Hall–Kier alpha value is -0.738. The Morgan fingerprint density at radius 3 is 1.32 bits per heavy atom. The van der Waals surface area contributed by atoms with Gasteiger partial charge in [0.05, 0.1) is 0 Å². The Labute approximate surface area is 209 Å². The van der Waals surface area contributed by atoms with Crippen LogP contribution in [0.3, 0.4) is 0 Å². The summed E-state index contributed by atoms with van der Waals surface area (Å²) in [6.45, 7) is 15.7. The maximum atomic E-state index is 3.11. The first-order valence-corrected chi connectivity index (χ1v) is 17.9. The quantitative estimate of drug-likeness (QED) is 0.181. The molecule has 0 spiro atoms. The van der Waals surface area contributed by atoms with E-state index in [1.807, 2.05) is 0 Å². The van der Waals surface area contributed by atoms with Crippen LogP contribution in [0.25, 0.3) is 0 Å². The van der Waals surface area contributed by atoms with Gasteiger partial charge in [-0.25, -0.2) is 0 Å². The summed E-state index contributed by atoms with van der Waals surface area (Å²) in [6, 6.07) is 18.4. The summed E-state index contributed by atoms with van der Waals surface area (Å²) >= 11 is 6.80. The fourth-order valence-electron chi connectivity index (χ4n) is 4.14. The number of fused-ring (bicyclic) bond motifs is 2. The molecule has 7 heteroatoms. The summed E-state index contributed by atoms with van der Waals surface area (Å²) in [5.74, 6) is 0. The number of hydrogen-bond donors (Lipinski definition) is 0. The normalized spacial score (nSPS) is 15.0. The van der Waals surface area contributed by atoms with Crippen LogP contribution in [-0.2, 0) is 13.9 Å². The first kappa shape index (κ1) is 24.9. The maximum absolute atomic E-state index is 3.11. The van der Waals surface area contributed by atoms with Crippen LogP contribution in [0.5, 0.6) is 0 Å². The third-order valence-electron chi connectivity index (χ3n) is 5.63. The molecule has 4 rings (SSSR count). The number of hydrogen-bond acceptors (Lipinski definition) is 4. The number of rotatable bonds is 7. The fourth-order valence-corrected chi connectivity index (χ4v) is 4.14. The van der Waals surface area contributed by atoms with Crippen molar-refractivity contribution in [2.45, 2.75) is 52.6 Å².